The zero-order valence-electron chi connectivity index (χ0n) is 16.2. The van der Waals surface area contributed by atoms with Crippen LogP contribution in [0.5, 0.6) is 11.6 Å². The summed E-state index contributed by atoms with van der Waals surface area (Å²) in [6.45, 7) is 3.68. The van der Waals surface area contributed by atoms with Gasteiger partial charge in [0.1, 0.15) is 5.75 Å². The molecule has 1 amide bonds. The average Bonchev–Trinajstić information content (AvgIpc) is 3.33. The van der Waals surface area contributed by atoms with Gasteiger partial charge in [-0.3, -0.25) is 9.48 Å². The van der Waals surface area contributed by atoms with Crippen molar-refractivity contribution in [1.82, 2.24) is 29.8 Å². The first-order chi connectivity index (χ1) is 14.0. The van der Waals surface area contributed by atoms with Gasteiger partial charge in [0.05, 0.1) is 11.3 Å². The molecule has 0 aliphatic rings. The highest BCUT2D eigenvalue weighted by Crippen LogP contribution is 2.22. The Balaban J connectivity index is 1.42. The lowest BCUT2D eigenvalue weighted by atomic mass is 10.2. The molecule has 0 aliphatic carbocycles. The number of aromatic nitrogens is 6. The van der Waals surface area contributed by atoms with Crippen molar-refractivity contribution in [3.05, 3.63) is 71.8 Å². The summed E-state index contributed by atoms with van der Waals surface area (Å²) in [5.74, 6) is 1.35. The second-order valence-electron chi connectivity index (χ2n) is 6.43. The van der Waals surface area contributed by atoms with E-state index in [1.165, 1.54) is 0 Å². The molecule has 0 radical (unpaired) electrons. The van der Waals surface area contributed by atoms with E-state index in [9.17, 15) is 4.79 Å². The number of ether oxygens (including phenoxy) is 1. The van der Waals surface area contributed by atoms with Gasteiger partial charge in [-0.25, -0.2) is 4.68 Å². The van der Waals surface area contributed by atoms with Gasteiger partial charge in [0, 0.05) is 36.9 Å². The minimum atomic E-state index is -0.193. The molecule has 1 N–H and O–H groups in total. The van der Waals surface area contributed by atoms with E-state index in [-0.39, 0.29) is 5.91 Å². The molecule has 9 nitrogen and oxygen atoms in total. The van der Waals surface area contributed by atoms with Crippen LogP contribution in [-0.4, -0.2) is 35.7 Å². The highest BCUT2D eigenvalue weighted by atomic mass is 16.5. The molecular formula is C20H19N7O2. The molecule has 29 heavy (non-hydrogen) atoms. The van der Waals surface area contributed by atoms with E-state index in [0.717, 1.165) is 5.69 Å². The first-order valence-corrected chi connectivity index (χ1v) is 8.94. The van der Waals surface area contributed by atoms with Gasteiger partial charge in [-0.05, 0) is 50.2 Å². The van der Waals surface area contributed by atoms with Crippen molar-refractivity contribution in [3.63, 3.8) is 0 Å². The number of carbonyl (C=O) groups is 1. The van der Waals surface area contributed by atoms with Crippen LogP contribution >= 0.6 is 0 Å². The molecule has 0 fully saturated rings. The second-order valence-corrected chi connectivity index (χ2v) is 6.43. The van der Waals surface area contributed by atoms with E-state index in [0.29, 0.717) is 34.4 Å². The fourth-order valence-corrected chi connectivity index (χ4v) is 2.92. The van der Waals surface area contributed by atoms with Crippen LogP contribution < -0.4 is 10.1 Å². The minimum Gasteiger partial charge on any atom is -0.438 e. The third kappa shape index (κ3) is 3.84. The third-order valence-corrected chi connectivity index (χ3v) is 4.44. The molecule has 0 bridgehead atoms. The number of benzene rings is 1. The number of anilines is 1. The van der Waals surface area contributed by atoms with Crippen LogP contribution in [0.25, 0.3) is 5.82 Å². The molecule has 0 unspecified atom stereocenters. The van der Waals surface area contributed by atoms with Crippen molar-refractivity contribution >= 4 is 11.6 Å². The lowest BCUT2D eigenvalue weighted by molar-refractivity contribution is 0.102. The van der Waals surface area contributed by atoms with E-state index >= 15 is 0 Å². The Morgan fingerprint density at radius 2 is 1.86 bits per heavy atom. The fourth-order valence-electron chi connectivity index (χ4n) is 2.92. The quantitative estimate of drug-likeness (QED) is 0.563. The standard InChI is InChI=1S/C20H19N7O2/c1-13-19(14(2)26(3)25-13)20(28)22-15-5-7-16(8-6-15)29-18-10-9-17(23-24-18)27-12-4-11-21-27/h4-12H,1-3H3,(H,22,28). The number of carbonyl (C=O) groups excluding carboxylic acids is 1. The number of hydrogen-bond acceptors (Lipinski definition) is 6. The molecule has 3 heterocycles. The van der Waals surface area contributed by atoms with Crippen LogP contribution in [-0.2, 0) is 7.05 Å². The van der Waals surface area contributed by atoms with E-state index in [1.54, 1.807) is 58.2 Å². The van der Waals surface area contributed by atoms with Crippen molar-refractivity contribution < 1.29 is 9.53 Å². The largest absolute Gasteiger partial charge is 0.438 e. The van der Waals surface area contributed by atoms with Gasteiger partial charge in [-0.15, -0.1) is 10.2 Å². The molecule has 0 atom stereocenters. The van der Waals surface area contributed by atoms with Crippen LogP contribution in [0.4, 0.5) is 5.69 Å². The summed E-state index contributed by atoms with van der Waals surface area (Å²) in [5, 5.41) is 19.4. The van der Waals surface area contributed by atoms with Crippen LogP contribution in [0.2, 0.25) is 0 Å². The van der Waals surface area contributed by atoms with Crippen LogP contribution in [0.1, 0.15) is 21.7 Å². The normalized spacial score (nSPS) is 10.7. The highest BCUT2D eigenvalue weighted by Gasteiger charge is 2.17. The number of nitrogens with one attached hydrogen (secondary N) is 1. The molecule has 9 heteroatoms. The summed E-state index contributed by atoms with van der Waals surface area (Å²) in [6.07, 6.45) is 3.45. The van der Waals surface area contributed by atoms with Crippen molar-refractivity contribution in [3.8, 4) is 17.4 Å². The maximum Gasteiger partial charge on any atom is 0.259 e. The van der Waals surface area contributed by atoms with Crippen molar-refractivity contribution in [2.24, 2.45) is 7.05 Å². The third-order valence-electron chi connectivity index (χ3n) is 4.44. The molecule has 0 saturated carbocycles. The van der Waals surface area contributed by atoms with E-state index in [2.05, 4.69) is 25.7 Å². The molecular weight excluding hydrogens is 370 g/mol. The average molecular weight is 389 g/mol. The molecule has 1 aromatic carbocycles. The Hall–Kier alpha value is -4.01. The van der Waals surface area contributed by atoms with Gasteiger partial charge in [0.25, 0.3) is 5.91 Å². The van der Waals surface area contributed by atoms with Crippen LogP contribution in [0, 0.1) is 13.8 Å². The van der Waals surface area contributed by atoms with Crippen molar-refractivity contribution in [2.75, 3.05) is 5.32 Å². The monoisotopic (exact) mass is 389 g/mol. The number of rotatable bonds is 5. The predicted octanol–water partition coefficient (Wildman–Crippen LogP) is 3.06. The van der Waals surface area contributed by atoms with Crippen LogP contribution in [0.3, 0.4) is 0 Å². The number of amides is 1. The molecule has 0 aliphatic heterocycles. The van der Waals surface area contributed by atoms with Crippen molar-refractivity contribution in [2.45, 2.75) is 13.8 Å². The number of hydrogen-bond donors (Lipinski definition) is 1. The zero-order chi connectivity index (χ0) is 20.4. The Kier molecular flexibility index (Phi) is 4.78. The summed E-state index contributed by atoms with van der Waals surface area (Å²) >= 11 is 0. The first kappa shape index (κ1) is 18.4. The Morgan fingerprint density at radius 3 is 2.45 bits per heavy atom. The molecule has 3 aromatic heterocycles. The summed E-state index contributed by atoms with van der Waals surface area (Å²) < 4.78 is 9.01. The van der Waals surface area contributed by atoms with E-state index < -0.39 is 0 Å². The van der Waals surface area contributed by atoms with Gasteiger partial charge in [-0.1, -0.05) is 0 Å². The van der Waals surface area contributed by atoms with E-state index in [1.807, 2.05) is 27.0 Å². The minimum absolute atomic E-state index is 0.193. The molecule has 0 spiro atoms. The predicted molar refractivity (Wildman–Crippen MR) is 106 cm³/mol. The summed E-state index contributed by atoms with van der Waals surface area (Å²) in [7, 11) is 1.82. The molecule has 146 valence electrons. The van der Waals surface area contributed by atoms with Gasteiger partial charge < -0.3 is 10.1 Å². The second kappa shape index (κ2) is 7.55. The maximum absolute atomic E-state index is 12.6. The highest BCUT2D eigenvalue weighted by molar-refractivity contribution is 6.05. The SMILES string of the molecule is Cc1nn(C)c(C)c1C(=O)Nc1ccc(Oc2ccc(-n3cccn3)nn2)cc1. The smallest absolute Gasteiger partial charge is 0.259 e. The van der Waals surface area contributed by atoms with Crippen molar-refractivity contribution in [1.29, 1.82) is 0 Å². The Labute approximate surface area is 167 Å². The topological polar surface area (TPSA) is 99.8 Å². The Morgan fingerprint density at radius 1 is 1.07 bits per heavy atom. The molecule has 0 saturated heterocycles. The summed E-state index contributed by atoms with van der Waals surface area (Å²) in [4.78, 5) is 12.6. The molecule has 4 aromatic rings. The fraction of sp³-hybridized carbons (Fsp3) is 0.150. The van der Waals surface area contributed by atoms with Gasteiger partial charge in [0.15, 0.2) is 5.82 Å². The maximum atomic E-state index is 12.6. The lowest BCUT2D eigenvalue weighted by Crippen LogP contribution is -2.14. The van der Waals surface area contributed by atoms with Gasteiger partial charge >= 0.3 is 0 Å². The number of nitrogens with zero attached hydrogens (tertiary/aromatic N) is 6. The first-order valence-electron chi connectivity index (χ1n) is 8.94. The van der Waals surface area contributed by atoms with E-state index in [4.69, 9.17) is 4.74 Å². The zero-order valence-corrected chi connectivity index (χ0v) is 16.2. The number of aryl methyl sites for hydroxylation is 2. The Bertz CT molecular complexity index is 1130. The van der Waals surface area contributed by atoms with Crippen LogP contribution in [0.15, 0.2) is 54.9 Å². The summed E-state index contributed by atoms with van der Waals surface area (Å²) in [5.41, 5.74) is 2.75. The lowest BCUT2D eigenvalue weighted by Gasteiger charge is -2.08. The van der Waals surface area contributed by atoms with Gasteiger partial charge in [0.2, 0.25) is 5.88 Å². The van der Waals surface area contributed by atoms with Gasteiger partial charge in [-0.2, -0.15) is 10.2 Å². The molecule has 4 rings (SSSR count). The summed E-state index contributed by atoms with van der Waals surface area (Å²) in [6, 6.07) is 12.3.